The van der Waals surface area contributed by atoms with Gasteiger partial charge in [-0.05, 0) is 42.7 Å². The van der Waals surface area contributed by atoms with E-state index in [-0.39, 0.29) is 11.5 Å². The molecule has 0 saturated heterocycles. The van der Waals surface area contributed by atoms with Gasteiger partial charge in [0.05, 0.1) is 10.3 Å². The van der Waals surface area contributed by atoms with Gasteiger partial charge in [-0.3, -0.25) is 14.0 Å². The zero-order chi connectivity index (χ0) is 17.7. The number of aryl methyl sites for hydroxylation is 1. The highest BCUT2D eigenvalue weighted by Gasteiger charge is 2.25. The quantitative estimate of drug-likeness (QED) is 0.521. The molecule has 1 aromatic carbocycles. The van der Waals surface area contributed by atoms with Gasteiger partial charge in [-0.15, -0.1) is 11.3 Å². The first-order valence-corrected chi connectivity index (χ1v) is 9.35. The lowest BCUT2D eigenvalue weighted by atomic mass is 10.0. The van der Waals surface area contributed by atoms with Gasteiger partial charge in [0.2, 0.25) is 0 Å². The minimum absolute atomic E-state index is 0.0615. The van der Waals surface area contributed by atoms with E-state index in [1.807, 2.05) is 29.2 Å². The second-order valence-corrected chi connectivity index (χ2v) is 7.39. The molecule has 1 aliphatic rings. The second kappa shape index (κ2) is 5.78. The molecule has 128 valence electrons. The molecule has 0 atom stereocenters. The molecule has 0 aliphatic carbocycles. The molecule has 0 unspecified atom stereocenters. The summed E-state index contributed by atoms with van der Waals surface area (Å²) in [6, 6.07) is 15.1. The van der Waals surface area contributed by atoms with Gasteiger partial charge in [0.1, 0.15) is 10.5 Å². The second-order valence-electron chi connectivity index (χ2n) is 6.36. The largest absolute Gasteiger partial charge is 0.307 e. The van der Waals surface area contributed by atoms with E-state index >= 15 is 0 Å². The first-order valence-electron chi connectivity index (χ1n) is 8.53. The van der Waals surface area contributed by atoms with Gasteiger partial charge in [0.15, 0.2) is 0 Å². The topological polar surface area (TPSA) is 54.7 Å². The van der Waals surface area contributed by atoms with Crippen LogP contribution in [-0.4, -0.2) is 21.8 Å². The third-order valence-corrected chi connectivity index (χ3v) is 5.80. The zero-order valence-electron chi connectivity index (χ0n) is 13.9. The highest BCUT2D eigenvalue weighted by Crippen LogP contribution is 2.30. The van der Waals surface area contributed by atoms with E-state index in [4.69, 9.17) is 0 Å². The molecule has 0 spiro atoms. The highest BCUT2D eigenvalue weighted by molar-refractivity contribution is 7.20. The molecule has 26 heavy (non-hydrogen) atoms. The van der Waals surface area contributed by atoms with Crippen LogP contribution in [0.4, 0.5) is 5.69 Å². The molecule has 0 bridgehead atoms. The molecule has 4 aromatic rings. The Hall–Kier alpha value is -2.99. The van der Waals surface area contributed by atoms with Crippen molar-refractivity contribution in [2.24, 2.45) is 0 Å². The summed E-state index contributed by atoms with van der Waals surface area (Å²) < 4.78 is 1.51. The summed E-state index contributed by atoms with van der Waals surface area (Å²) in [4.78, 5) is 33.4. The average molecular weight is 361 g/mol. The predicted molar refractivity (Wildman–Crippen MR) is 103 cm³/mol. The number of hydrogen-bond acceptors (Lipinski definition) is 4. The number of aromatic nitrogens is 2. The Kier molecular flexibility index (Phi) is 3.39. The number of fused-ring (bicyclic) bond motifs is 3. The molecule has 5 nitrogen and oxygen atoms in total. The summed E-state index contributed by atoms with van der Waals surface area (Å²) in [6.07, 6.45) is 3.63. The number of nitrogens with zero attached hydrogens (tertiary/aromatic N) is 3. The summed E-state index contributed by atoms with van der Waals surface area (Å²) in [5.74, 6) is -0.0615. The number of amides is 1. The van der Waals surface area contributed by atoms with Crippen molar-refractivity contribution in [1.29, 1.82) is 0 Å². The molecular formula is C20H15N3O2S. The molecule has 4 heterocycles. The van der Waals surface area contributed by atoms with Crippen LogP contribution < -0.4 is 10.5 Å². The maximum atomic E-state index is 13.1. The molecule has 0 saturated carbocycles. The first-order chi connectivity index (χ1) is 12.7. The van der Waals surface area contributed by atoms with Crippen LogP contribution in [0.1, 0.15) is 21.7 Å². The smallest absolute Gasteiger partial charge is 0.268 e. The summed E-state index contributed by atoms with van der Waals surface area (Å²) >= 11 is 1.29. The van der Waals surface area contributed by atoms with E-state index in [2.05, 4.69) is 11.1 Å². The van der Waals surface area contributed by atoms with Gasteiger partial charge < -0.3 is 4.90 Å². The lowest BCUT2D eigenvalue weighted by molar-refractivity contribution is 0.0989. The number of hydrogen-bond donors (Lipinski definition) is 0. The lowest BCUT2D eigenvalue weighted by Crippen LogP contribution is -2.34. The van der Waals surface area contributed by atoms with E-state index in [0.29, 0.717) is 27.3 Å². The molecule has 5 rings (SSSR count). The van der Waals surface area contributed by atoms with Gasteiger partial charge in [-0.1, -0.05) is 24.3 Å². The fraction of sp³-hybridized carbons (Fsp3) is 0.150. The normalized spacial score (nSPS) is 13.9. The standard InChI is InChI=1S/C20H15N3O2S/c24-19-14-12-16(26-18(14)21-17-9-3-4-10-23(17)19)20(25)22-11-5-7-13-6-1-2-8-15(13)22/h1-4,6,8-10,12H,5,7,11H2. The molecule has 0 N–H and O–H groups in total. The molecule has 0 fully saturated rings. The Balaban J connectivity index is 1.64. The van der Waals surface area contributed by atoms with Crippen molar-refractivity contribution in [3.8, 4) is 0 Å². The van der Waals surface area contributed by atoms with E-state index < -0.39 is 0 Å². The Bertz CT molecular complexity index is 1220. The number of carbonyl (C=O) groups excluding carboxylic acids is 1. The molecule has 0 radical (unpaired) electrons. The third-order valence-electron chi connectivity index (χ3n) is 4.78. The number of anilines is 1. The van der Waals surface area contributed by atoms with Crippen molar-refractivity contribution in [2.75, 3.05) is 11.4 Å². The zero-order valence-corrected chi connectivity index (χ0v) is 14.7. The van der Waals surface area contributed by atoms with Crippen LogP contribution in [0.2, 0.25) is 0 Å². The Morgan fingerprint density at radius 1 is 1.12 bits per heavy atom. The van der Waals surface area contributed by atoms with Crippen LogP contribution in [0, 0.1) is 0 Å². The van der Waals surface area contributed by atoms with Crippen molar-refractivity contribution < 1.29 is 4.79 Å². The number of benzene rings is 1. The van der Waals surface area contributed by atoms with Crippen molar-refractivity contribution in [3.05, 3.63) is 75.5 Å². The van der Waals surface area contributed by atoms with Crippen LogP contribution in [0.15, 0.2) is 59.5 Å². The average Bonchev–Trinajstić information content (AvgIpc) is 3.11. The molecular weight excluding hydrogens is 346 g/mol. The van der Waals surface area contributed by atoms with Gasteiger partial charge in [-0.25, -0.2) is 4.98 Å². The molecule has 1 aliphatic heterocycles. The minimum atomic E-state index is -0.139. The summed E-state index contributed by atoms with van der Waals surface area (Å²) in [5, 5.41) is 0.493. The summed E-state index contributed by atoms with van der Waals surface area (Å²) in [5.41, 5.74) is 2.61. The maximum Gasteiger partial charge on any atom is 0.268 e. The molecule has 1 amide bonds. The minimum Gasteiger partial charge on any atom is -0.307 e. The summed E-state index contributed by atoms with van der Waals surface area (Å²) in [7, 11) is 0. The Labute approximate surface area is 153 Å². The number of para-hydroxylation sites is 1. The summed E-state index contributed by atoms with van der Waals surface area (Å²) in [6.45, 7) is 0.693. The number of thiophene rings is 1. The van der Waals surface area contributed by atoms with Crippen LogP contribution >= 0.6 is 11.3 Å². The fourth-order valence-electron chi connectivity index (χ4n) is 3.53. The van der Waals surface area contributed by atoms with Crippen LogP contribution in [-0.2, 0) is 6.42 Å². The maximum absolute atomic E-state index is 13.1. The van der Waals surface area contributed by atoms with Gasteiger partial charge in [0.25, 0.3) is 11.5 Å². The predicted octanol–water partition coefficient (Wildman–Crippen LogP) is 3.50. The Morgan fingerprint density at radius 2 is 1.96 bits per heavy atom. The SMILES string of the molecule is O=C(c1cc2c(=O)n3ccccc3nc2s1)N1CCCc2ccccc21. The van der Waals surface area contributed by atoms with Crippen molar-refractivity contribution >= 4 is 38.8 Å². The van der Waals surface area contributed by atoms with Gasteiger partial charge >= 0.3 is 0 Å². The number of rotatable bonds is 1. The number of pyridine rings is 1. The van der Waals surface area contributed by atoms with Crippen molar-refractivity contribution in [2.45, 2.75) is 12.8 Å². The monoisotopic (exact) mass is 361 g/mol. The van der Waals surface area contributed by atoms with E-state index in [9.17, 15) is 9.59 Å². The third kappa shape index (κ3) is 2.26. The lowest BCUT2D eigenvalue weighted by Gasteiger charge is -2.29. The number of carbonyl (C=O) groups is 1. The van der Waals surface area contributed by atoms with Crippen molar-refractivity contribution in [1.82, 2.24) is 9.38 Å². The van der Waals surface area contributed by atoms with E-state index in [1.54, 1.807) is 24.4 Å². The van der Waals surface area contributed by atoms with E-state index in [1.165, 1.54) is 21.3 Å². The first kappa shape index (κ1) is 15.3. The molecule has 6 heteroatoms. The Morgan fingerprint density at radius 3 is 2.88 bits per heavy atom. The van der Waals surface area contributed by atoms with Crippen molar-refractivity contribution in [3.63, 3.8) is 0 Å². The van der Waals surface area contributed by atoms with Gasteiger partial charge in [0, 0.05) is 18.4 Å². The van der Waals surface area contributed by atoms with Gasteiger partial charge in [-0.2, -0.15) is 0 Å². The van der Waals surface area contributed by atoms with Crippen LogP contribution in [0.5, 0.6) is 0 Å². The van der Waals surface area contributed by atoms with Crippen LogP contribution in [0.3, 0.4) is 0 Å². The highest BCUT2D eigenvalue weighted by atomic mass is 32.1. The van der Waals surface area contributed by atoms with Crippen LogP contribution in [0.25, 0.3) is 15.9 Å². The fourth-order valence-corrected chi connectivity index (χ4v) is 4.51. The molecule has 3 aromatic heterocycles. The van der Waals surface area contributed by atoms with E-state index in [0.717, 1.165) is 18.5 Å².